The van der Waals surface area contributed by atoms with E-state index in [-0.39, 0.29) is 18.1 Å². The van der Waals surface area contributed by atoms with Crippen LogP contribution >= 0.6 is 22.9 Å². The van der Waals surface area contributed by atoms with Crippen molar-refractivity contribution in [2.24, 2.45) is 0 Å². The second-order valence-corrected chi connectivity index (χ2v) is 7.03. The number of carbonyl (C=O) groups excluding carboxylic acids is 2. The third-order valence-corrected chi connectivity index (χ3v) is 5.07. The highest BCUT2D eigenvalue weighted by molar-refractivity contribution is 7.21. The number of ether oxygens (including phenoxy) is 1. The summed E-state index contributed by atoms with van der Waals surface area (Å²) in [4.78, 5) is 24.2. The zero-order valence-electron chi connectivity index (χ0n) is 12.7. The summed E-state index contributed by atoms with van der Waals surface area (Å²) in [5, 5.41) is 4.00. The molecule has 0 unspecified atom stereocenters. The molecule has 0 spiro atoms. The Labute approximate surface area is 138 Å². The third kappa shape index (κ3) is 3.78. The van der Waals surface area contributed by atoms with E-state index in [1.54, 1.807) is 0 Å². The van der Waals surface area contributed by atoms with Crippen LogP contribution in [-0.2, 0) is 9.53 Å². The van der Waals surface area contributed by atoms with Gasteiger partial charge in [-0.2, -0.15) is 0 Å². The van der Waals surface area contributed by atoms with E-state index in [2.05, 4.69) is 5.32 Å². The average Bonchev–Trinajstić information content (AvgIpc) is 2.82. The fourth-order valence-electron chi connectivity index (χ4n) is 1.84. The molecule has 0 radical (unpaired) electrons. The first-order valence-corrected chi connectivity index (χ1v) is 8.18. The van der Waals surface area contributed by atoms with Gasteiger partial charge in [0.15, 0.2) is 6.61 Å². The summed E-state index contributed by atoms with van der Waals surface area (Å²) in [6.45, 7) is 5.49. The zero-order chi connectivity index (χ0) is 16.3. The van der Waals surface area contributed by atoms with Crippen LogP contribution in [0.1, 0.15) is 36.9 Å². The lowest BCUT2D eigenvalue weighted by Gasteiger charge is -2.24. The van der Waals surface area contributed by atoms with Crippen LogP contribution in [0.2, 0.25) is 5.02 Å². The second-order valence-electron chi connectivity index (χ2n) is 5.60. The molecule has 2 aromatic rings. The molecule has 22 heavy (non-hydrogen) atoms. The van der Waals surface area contributed by atoms with Crippen molar-refractivity contribution in [1.29, 1.82) is 0 Å². The molecule has 6 heteroatoms. The van der Waals surface area contributed by atoms with Gasteiger partial charge in [-0.05, 0) is 26.3 Å². The Balaban J connectivity index is 2.03. The summed E-state index contributed by atoms with van der Waals surface area (Å²) < 4.78 is 5.98. The first kappa shape index (κ1) is 16.8. The predicted molar refractivity (Wildman–Crippen MR) is 89.6 cm³/mol. The molecule has 0 aliphatic rings. The van der Waals surface area contributed by atoms with Crippen LogP contribution in [0.3, 0.4) is 0 Å². The van der Waals surface area contributed by atoms with Crippen LogP contribution in [0, 0.1) is 0 Å². The van der Waals surface area contributed by atoms with Crippen LogP contribution in [0.4, 0.5) is 0 Å². The molecule has 2 rings (SSSR count). The number of thiophene rings is 1. The van der Waals surface area contributed by atoms with Gasteiger partial charge in [-0.15, -0.1) is 11.3 Å². The molecule has 1 amide bonds. The summed E-state index contributed by atoms with van der Waals surface area (Å²) >= 11 is 7.47. The van der Waals surface area contributed by atoms with Crippen molar-refractivity contribution in [2.45, 2.75) is 32.7 Å². The molecule has 0 bridgehead atoms. The highest BCUT2D eigenvalue weighted by atomic mass is 35.5. The molecule has 1 heterocycles. The maximum atomic E-state index is 12.1. The van der Waals surface area contributed by atoms with Crippen LogP contribution in [0.5, 0.6) is 0 Å². The van der Waals surface area contributed by atoms with E-state index < -0.39 is 5.97 Å². The quantitative estimate of drug-likeness (QED) is 0.837. The number of amides is 1. The van der Waals surface area contributed by atoms with Crippen LogP contribution in [-0.4, -0.2) is 24.0 Å². The minimum Gasteiger partial charge on any atom is -0.451 e. The smallest absolute Gasteiger partial charge is 0.350 e. The van der Waals surface area contributed by atoms with E-state index in [4.69, 9.17) is 16.3 Å². The Bertz CT molecular complexity index is 708. The van der Waals surface area contributed by atoms with Crippen molar-refractivity contribution in [3.05, 3.63) is 34.2 Å². The van der Waals surface area contributed by atoms with Crippen LogP contribution in [0.25, 0.3) is 10.1 Å². The van der Waals surface area contributed by atoms with Gasteiger partial charge in [0.05, 0.1) is 5.02 Å². The highest BCUT2D eigenvalue weighted by Crippen LogP contribution is 2.35. The van der Waals surface area contributed by atoms with Gasteiger partial charge in [0.1, 0.15) is 4.88 Å². The van der Waals surface area contributed by atoms with E-state index in [0.29, 0.717) is 9.90 Å². The fraction of sp³-hybridized carbons (Fsp3) is 0.375. The molecule has 0 saturated heterocycles. The minimum absolute atomic E-state index is 0.313. The van der Waals surface area contributed by atoms with Crippen LogP contribution in [0.15, 0.2) is 24.3 Å². The Hall–Kier alpha value is -1.59. The molecule has 0 fully saturated rings. The second kappa shape index (κ2) is 6.67. The first-order chi connectivity index (χ1) is 10.3. The SMILES string of the molecule is CCC(C)(C)NC(=O)COC(=O)c1sc2ccccc2c1Cl. The van der Waals surface area contributed by atoms with Gasteiger partial charge in [0, 0.05) is 15.6 Å². The van der Waals surface area contributed by atoms with Crippen molar-refractivity contribution >= 4 is 44.9 Å². The van der Waals surface area contributed by atoms with E-state index in [1.165, 1.54) is 11.3 Å². The molecule has 1 aromatic carbocycles. The normalized spacial score (nSPS) is 11.5. The minimum atomic E-state index is -0.573. The molecule has 118 valence electrons. The van der Waals surface area contributed by atoms with E-state index in [1.807, 2.05) is 45.0 Å². The van der Waals surface area contributed by atoms with Gasteiger partial charge in [-0.1, -0.05) is 36.7 Å². The number of hydrogen-bond acceptors (Lipinski definition) is 4. The molecule has 0 aliphatic carbocycles. The van der Waals surface area contributed by atoms with Crippen molar-refractivity contribution < 1.29 is 14.3 Å². The average molecular weight is 340 g/mol. The summed E-state index contributed by atoms with van der Waals surface area (Å²) in [5.41, 5.74) is -0.321. The molecule has 1 aromatic heterocycles. The van der Waals surface area contributed by atoms with Crippen molar-refractivity contribution in [3.63, 3.8) is 0 Å². The number of fused-ring (bicyclic) bond motifs is 1. The standard InChI is InChI=1S/C16H18ClNO3S/c1-4-16(2,3)18-12(19)9-21-15(20)14-13(17)10-7-5-6-8-11(10)22-14/h5-8H,4,9H2,1-3H3,(H,18,19). The maximum absolute atomic E-state index is 12.1. The number of halogens is 1. The number of benzene rings is 1. The third-order valence-electron chi connectivity index (χ3n) is 3.42. The summed E-state index contributed by atoms with van der Waals surface area (Å²) in [5.74, 6) is -0.895. The number of carbonyl (C=O) groups is 2. The largest absolute Gasteiger partial charge is 0.451 e. The molecule has 0 aliphatic heterocycles. The van der Waals surface area contributed by atoms with E-state index >= 15 is 0 Å². The molecule has 4 nitrogen and oxygen atoms in total. The summed E-state index contributed by atoms with van der Waals surface area (Å²) in [6.07, 6.45) is 0.787. The summed E-state index contributed by atoms with van der Waals surface area (Å²) in [6, 6.07) is 7.47. The first-order valence-electron chi connectivity index (χ1n) is 6.99. The van der Waals surface area contributed by atoms with Gasteiger partial charge in [-0.25, -0.2) is 4.79 Å². The highest BCUT2D eigenvalue weighted by Gasteiger charge is 2.21. The molecular weight excluding hydrogens is 322 g/mol. The van der Waals surface area contributed by atoms with Gasteiger partial charge < -0.3 is 10.1 Å². The Morgan fingerprint density at radius 2 is 2.00 bits per heavy atom. The number of esters is 1. The molecule has 0 atom stereocenters. The van der Waals surface area contributed by atoms with Gasteiger partial charge >= 0.3 is 5.97 Å². The number of nitrogens with one attached hydrogen (secondary N) is 1. The Morgan fingerprint density at radius 1 is 1.32 bits per heavy atom. The van der Waals surface area contributed by atoms with Gasteiger partial charge in [0.2, 0.25) is 0 Å². The monoisotopic (exact) mass is 339 g/mol. The Kier molecular flexibility index (Phi) is 5.08. The van der Waals surface area contributed by atoms with Crippen LogP contribution < -0.4 is 5.32 Å². The molecular formula is C16H18ClNO3S. The van der Waals surface area contributed by atoms with Gasteiger partial charge in [0.25, 0.3) is 5.91 Å². The lowest BCUT2D eigenvalue weighted by atomic mass is 10.0. The fourth-order valence-corrected chi connectivity index (χ4v) is 3.25. The maximum Gasteiger partial charge on any atom is 0.350 e. The van der Waals surface area contributed by atoms with E-state index in [9.17, 15) is 9.59 Å². The zero-order valence-corrected chi connectivity index (χ0v) is 14.3. The molecule has 0 saturated carbocycles. The Morgan fingerprint density at radius 3 is 2.64 bits per heavy atom. The number of hydrogen-bond donors (Lipinski definition) is 1. The number of rotatable bonds is 5. The van der Waals surface area contributed by atoms with E-state index in [0.717, 1.165) is 16.5 Å². The lowest BCUT2D eigenvalue weighted by Crippen LogP contribution is -2.44. The summed E-state index contributed by atoms with van der Waals surface area (Å²) in [7, 11) is 0. The lowest BCUT2D eigenvalue weighted by molar-refractivity contribution is -0.125. The van der Waals surface area contributed by atoms with Crippen molar-refractivity contribution in [1.82, 2.24) is 5.32 Å². The van der Waals surface area contributed by atoms with Crippen molar-refractivity contribution in [2.75, 3.05) is 6.61 Å². The van der Waals surface area contributed by atoms with Crippen molar-refractivity contribution in [3.8, 4) is 0 Å². The van der Waals surface area contributed by atoms with Gasteiger partial charge in [-0.3, -0.25) is 4.79 Å². The topological polar surface area (TPSA) is 55.4 Å². The predicted octanol–water partition coefficient (Wildman–Crippen LogP) is 4.02. The molecule has 1 N–H and O–H groups in total.